The lowest BCUT2D eigenvalue weighted by Gasteiger charge is -2.52. The Hall–Kier alpha value is -0.930. The molecule has 192 valence electrons. The molecular weight excluding hydrogens is 440 g/mol. The number of carbonyl (C=O) groups is 1. The number of carboxylic acids is 1. The maximum atomic E-state index is 11.9. The predicted molar refractivity (Wildman–Crippen MR) is 112 cm³/mol. The SMILES string of the molecule is CCCC(C)(N)OC1OC(C(=O)O)C(OC2OC3C(C2O)C(O)C3[C@@](C)(N)CC)C(O)C1O. The number of ether oxygens (including phenoxy) is 4. The molecule has 3 fully saturated rings. The minimum Gasteiger partial charge on any atom is -0.479 e. The molecule has 0 spiro atoms. The van der Waals surface area contributed by atoms with Crippen LogP contribution in [0.4, 0.5) is 0 Å². The molecule has 12 unspecified atom stereocenters. The number of hydrogen-bond donors (Lipinski definition) is 7. The Morgan fingerprint density at radius 1 is 0.970 bits per heavy atom. The molecule has 1 aliphatic carbocycles. The summed E-state index contributed by atoms with van der Waals surface area (Å²) in [5.74, 6) is -2.60. The predicted octanol–water partition coefficient (Wildman–Crippen LogP) is -1.79. The summed E-state index contributed by atoms with van der Waals surface area (Å²) in [6.45, 7) is 7.08. The first-order chi connectivity index (χ1) is 15.3. The molecule has 0 amide bonds. The number of fused-ring (bicyclic) bond motifs is 1. The summed E-state index contributed by atoms with van der Waals surface area (Å²) in [5.41, 5.74) is 10.3. The van der Waals surface area contributed by atoms with Crippen LogP contribution in [0.3, 0.4) is 0 Å². The summed E-state index contributed by atoms with van der Waals surface area (Å²) >= 11 is 0. The van der Waals surface area contributed by atoms with Crippen LogP contribution >= 0.6 is 0 Å². The van der Waals surface area contributed by atoms with Gasteiger partial charge in [-0.3, -0.25) is 0 Å². The van der Waals surface area contributed by atoms with Crippen molar-refractivity contribution in [1.29, 1.82) is 0 Å². The Bertz CT molecular complexity index is 707. The molecule has 2 saturated heterocycles. The van der Waals surface area contributed by atoms with Gasteiger partial charge in [-0.05, 0) is 26.7 Å². The summed E-state index contributed by atoms with van der Waals surface area (Å²) in [6, 6.07) is 0. The van der Waals surface area contributed by atoms with Crippen molar-refractivity contribution in [2.45, 2.75) is 114 Å². The Kier molecular flexibility index (Phi) is 7.77. The lowest BCUT2D eigenvalue weighted by molar-refractivity contribution is -0.339. The highest BCUT2D eigenvalue weighted by molar-refractivity contribution is 5.73. The number of nitrogens with two attached hydrogens (primary N) is 2. The van der Waals surface area contributed by atoms with E-state index in [1.807, 2.05) is 13.8 Å². The van der Waals surface area contributed by atoms with Gasteiger partial charge < -0.3 is 55.9 Å². The standard InChI is InChI=1S/C21H38N2O10/c1-5-7-21(4,23)33-19-13(27)12(26)15(16(32-19)17(28)29)31-18-11(25)8-10(24)9(14(8)30-18)20(3,22)6-2/h8-16,18-19,24-27H,5-7,22-23H2,1-4H3,(H,28,29)/t8?,9?,10?,11?,12?,13?,14?,15?,16?,18?,19?,20-,21?/m0/s1. The maximum Gasteiger partial charge on any atom is 0.335 e. The second kappa shape index (κ2) is 9.61. The highest BCUT2D eigenvalue weighted by Crippen LogP contribution is 2.51. The zero-order valence-electron chi connectivity index (χ0n) is 19.4. The van der Waals surface area contributed by atoms with Crippen molar-refractivity contribution >= 4 is 5.97 Å². The van der Waals surface area contributed by atoms with Crippen molar-refractivity contribution in [3.8, 4) is 0 Å². The van der Waals surface area contributed by atoms with E-state index in [0.717, 1.165) is 0 Å². The van der Waals surface area contributed by atoms with Crippen molar-refractivity contribution in [3.05, 3.63) is 0 Å². The molecule has 0 bridgehead atoms. The van der Waals surface area contributed by atoms with E-state index in [1.165, 1.54) is 0 Å². The third-order valence-corrected chi connectivity index (χ3v) is 7.19. The van der Waals surface area contributed by atoms with E-state index in [9.17, 15) is 30.3 Å². The Morgan fingerprint density at radius 3 is 2.15 bits per heavy atom. The zero-order valence-corrected chi connectivity index (χ0v) is 19.4. The first-order valence-electron chi connectivity index (χ1n) is 11.4. The van der Waals surface area contributed by atoms with Crippen molar-refractivity contribution in [1.82, 2.24) is 0 Å². The van der Waals surface area contributed by atoms with Crippen LogP contribution < -0.4 is 11.5 Å². The summed E-state index contributed by atoms with van der Waals surface area (Å²) in [6.07, 6.45) is -10.8. The Balaban J connectivity index is 1.73. The van der Waals surface area contributed by atoms with Gasteiger partial charge in [0, 0.05) is 17.4 Å². The highest BCUT2D eigenvalue weighted by Gasteiger charge is 2.66. The lowest BCUT2D eigenvalue weighted by atomic mass is 9.59. The molecule has 2 heterocycles. The average molecular weight is 479 g/mol. The van der Waals surface area contributed by atoms with E-state index >= 15 is 0 Å². The van der Waals surface area contributed by atoms with Gasteiger partial charge in [-0.15, -0.1) is 0 Å². The number of rotatable bonds is 9. The number of aliphatic hydroxyl groups excluding tert-OH is 4. The molecule has 33 heavy (non-hydrogen) atoms. The van der Waals surface area contributed by atoms with E-state index in [0.29, 0.717) is 19.3 Å². The molecule has 9 N–H and O–H groups in total. The van der Waals surface area contributed by atoms with Crippen LogP contribution in [0.25, 0.3) is 0 Å². The molecule has 0 aromatic carbocycles. The second-order valence-corrected chi connectivity index (χ2v) is 9.94. The first-order valence-corrected chi connectivity index (χ1v) is 11.4. The topological polar surface area (TPSA) is 207 Å². The molecule has 0 radical (unpaired) electrons. The van der Waals surface area contributed by atoms with Crippen molar-refractivity contribution in [2.75, 3.05) is 0 Å². The lowest BCUT2D eigenvalue weighted by Crippen LogP contribution is -2.67. The summed E-state index contributed by atoms with van der Waals surface area (Å²) in [5, 5.41) is 52.1. The van der Waals surface area contributed by atoms with E-state index in [2.05, 4.69) is 0 Å². The summed E-state index contributed by atoms with van der Waals surface area (Å²) < 4.78 is 22.4. The van der Waals surface area contributed by atoms with E-state index in [1.54, 1.807) is 13.8 Å². The van der Waals surface area contributed by atoms with Gasteiger partial charge in [-0.2, -0.15) is 0 Å². The largest absolute Gasteiger partial charge is 0.479 e. The molecule has 0 aromatic rings. The Labute approximate surface area is 192 Å². The van der Waals surface area contributed by atoms with Gasteiger partial charge in [-0.25, -0.2) is 4.79 Å². The number of aliphatic hydroxyl groups is 4. The number of hydrogen-bond acceptors (Lipinski definition) is 11. The van der Waals surface area contributed by atoms with Gasteiger partial charge in [0.25, 0.3) is 0 Å². The van der Waals surface area contributed by atoms with Crippen LogP contribution in [-0.4, -0.2) is 98.1 Å². The number of carboxylic acid groups (broad SMARTS) is 1. The van der Waals surface area contributed by atoms with E-state index < -0.39 is 84.4 Å². The van der Waals surface area contributed by atoms with Gasteiger partial charge in [0.2, 0.25) is 0 Å². The van der Waals surface area contributed by atoms with Crippen LogP contribution in [0.15, 0.2) is 0 Å². The maximum absolute atomic E-state index is 11.9. The van der Waals surface area contributed by atoms with Crippen LogP contribution in [0.2, 0.25) is 0 Å². The van der Waals surface area contributed by atoms with E-state index in [-0.39, 0.29) is 0 Å². The molecule has 0 aromatic heterocycles. The van der Waals surface area contributed by atoms with Crippen LogP contribution in [0, 0.1) is 11.8 Å². The smallest absolute Gasteiger partial charge is 0.335 e. The van der Waals surface area contributed by atoms with Gasteiger partial charge >= 0.3 is 5.97 Å². The molecule has 12 nitrogen and oxygen atoms in total. The van der Waals surface area contributed by atoms with Crippen LogP contribution in [0.5, 0.6) is 0 Å². The Morgan fingerprint density at radius 2 is 1.61 bits per heavy atom. The molecule has 3 rings (SSSR count). The first kappa shape index (κ1) is 26.7. The molecule has 12 heteroatoms. The summed E-state index contributed by atoms with van der Waals surface area (Å²) in [7, 11) is 0. The molecule has 13 atom stereocenters. The quantitative estimate of drug-likeness (QED) is 0.183. The zero-order chi connectivity index (χ0) is 24.9. The number of aliphatic carboxylic acids is 1. The molecule has 3 aliphatic rings. The molecule has 2 aliphatic heterocycles. The average Bonchev–Trinajstić information content (AvgIpc) is 2.97. The van der Waals surface area contributed by atoms with Crippen LogP contribution in [0.1, 0.15) is 47.0 Å². The van der Waals surface area contributed by atoms with Crippen molar-refractivity contribution < 1.29 is 49.3 Å². The van der Waals surface area contributed by atoms with Gasteiger partial charge in [0.05, 0.1) is 12.2 Å². The highest BCUT2D eigenvalue weighted by atomic mass is 16.7. The monoisotopic (exact) mass is 478 g/mol. The van der Waals surface area contributed by atoms with Crippen molar-refractivity contribution in [2.24, 2.45) is 23.3 Å². The van der Waals surface area contributed by atoms with Gasteiger partial charge in [-0.1, -0.05) is 20.3 Å². The third-order valence-electron chi connectivity index (χ3n) is 7.19. The van der Waals surface area contributed by atoms with Crippen molar-refractivity contribution in [3.63, 3.8) is 0 Å². The fourth-order valence-electron chi connectivity index (χ4n) is 5.08. The normalized spacial score (nSPS) is 46.7. The van der Waals surface area contributed by atoms with Crippen LogP contribution in [-0.2, 0) is 23.7 Å². The van der Waals surface area contributed by atoms with Gasteiger partial charge in [0.1, 0.15) is 30.1 Å². The summed E-state index contributed by atoms with van der Waals surface area (Å²) in [4.78, 5) is 11.9. The fraction of sp³-hybridized carbons (Fsp3) is 0.952. The molecule has 1 saturated carbocycles. The minimum atomic E-state index is -1.74. The molecular formula is C21H38N2O10. The van der Waals surface area contributed by atoms with Gasteiger partial charge in [0.15, 0.2) is 18.7 Å². The second-order valence-electron chi connectivity index (χ2n) is 9.94. The third kappa shape index (κ3) is 4.92. The van der Waals surface area contributed by atoms with E-state index in [4.69, 9.17) is 30.4 Å². The fourth-order valence-corrected chi connectivity index (χ4v) is 5.08. The minimum absolute atomic E-state index is 0.402.